The van der Waals surface area contributed by atoms with Crippen LogP contribution in [0.15, 0.2) is 23.4 Å². The summed E-state index contributed by atoms with van der Waals surface area (Å²) < 4.78 is 0.677. The van der Waals surface area contributed by atoms with Gasteiger partial charge in [0.1, 0.15) is 11.6 Å². The van der Waals surface area contributed by atoms with Crippen LogP contribution in [0.3, 0.4) is 0 Å². The van der Waals surface area contributed by atoms with Gasteiger partial charge in [-0.25, -0.2) is 0 Å². The molecule has 1 aromatic rings. The van der Waals surface area contributed by atoms with Crippen LogP contribution in [0.5, 0.6) is 5.75 Å². The number of amidine groups is 1. The number of carbonyl (C=O) groups is 1. The minimum atomic E-state index is -0.317. The van der Waals surface area contributed by atoms with Gasteiger partial charge in [-0.05, 0) is 40.8 Å². The number of aromatic hydroxyl groups is 1. The van der Waals surface area contributed by atoms with Gasteiger partial charge in [0, 0.05) is 18.5 Å². The van der Waals surface area contributed by atoms with Gasteiger partial charge in [-0.2, -0.15) is 0 Å². The highest BCUT2D eigenvalue weighted by Crippen LogP contribution is 2.20. The summed E-state index contributed by atoms with van der Waals surface area (Å²) in [5.74, 6) is -0.201. The number of nitrogens with zero attached hydrogens (tertiary/aromatic N) is 1. The molecule has 0 saturated carbocycles. The van der Waals surface area contributed by atoms with Crippen LogP contribution >= 0.6 is 22.6 Å². The third kappa shape index (κ3) is 4.10. The summed E-state index contributed by atoms with van der Waals surface area (Å²) in [7, 11) is 0. The van der Waals surface area contributed by atoms with Gasteiger partial charge in [0.25, 0.3) is 5.91 Å². The summed E-state index contributed by atoms with van der Waals surface area (Å²) in [5, 5.41) is 23.1. The molecular formula is C10H12IN3O3. The van der Waals surface area contributed by atoms with Crippen LogP contribution < -0.4 is 11.1 Å². The second-order valence-corrected chi connectivity index (χ2v) is 4.43. The number of nitrogens with one attached hydrogen (secondary N) is 1. The number of hydrogen-bond donors (Lipinski definition) is 4. The Balaban J connectivity index is 2.55. The van der Waals surface area contributed by atoms with Crippen LogP contribution in [0.1, 0.15) is 16.8 Å². The molecule has 0 aromatic heterocycles. The zero-order chi connectivity index (χ0) is 12.8. The molecule has 17 heavy (non-hydrogen) atoms. The average molecular weight is 349 g/mol. The molecule has 1 rings (SSSR count). The molecule has 0 aliphatic rings. The number of oxime groups is 1. The van der Waals surface area contributed by atoms with Crippen molar-refractivity contribution in [3.05, 3.63) is 27.3 Å². The van der Waals surface area contributed by atoms with Crippen molar-refractivity contribution in [2.75, 3.05) is 6.54 Å². The van der Waals surface area contributed by atoms with E-state index in [0.717, 1.165) is 0 Å². The molecule has 0 radical (unpaired) electrons. The van der Waals surface area contributed by atoms with Gasteiger partial charge in [-0.1, -0.05) is 5.16 Å². The minimum Gasteiger partial charge on any atom is -0.507 e. The monoisotopic (exact) mass is 349 g/mol. The number of phenolic OH excluding ortho intramolecular Hbond substituents is 1. The molecule has 5 N–H and O–H groups in total. The molecule has 0 atom stereocenters. The third-order valence-electron chi connectivity index (χ3n) is 2.00. The largest absolute Gasteiger partial charge is 0.507 e. The minimum absolute atomic E-state index is 0.0516. The molecule has 0 spiro atoms. The summed E-state index contributed by atoms with van der Waals surface area (Å²) in [6, 6.07) is 4.65. The van der Waals surface area contributed by atoms with Crippen LogP contribution in [0.25, 0.3) is 0 Å². The highest BCUT2D eigenvalue weighted by molar-refractivity contribution is 14.1. The standard InChI is InChI=1S/C10H12IN3O3/c11-7-2-1-6(5-8(7)15)10(16)13-4-3-9(12)14-17/h1-2,5,15,17H,3-4H2,(H2,12,14)(H,13,16). The lowest BCUT2D eigenvalue weighted by Crippen LogP contribution is -2.28. The number of halogens is 1. The smallest absolute Gasteiger partial charge is 0.251 e. The van der Waals surface area contributed by atoms with Crippen LogP contribution in [-0.2, 0) is 0 Å². The van der Waals surface area contributed by atoms with E-state index in [9.17, 15) is 9.90 Å². The summed E-state index contributed by atoms with van der Waals surface area (Å²) in [6.07, 6.45) is 0.262. The average Bonchev–Trinajstić information content (AvgIpc) is 2.32. The zero-order valence-corrected chi connectivity index (χ0v) is 11.0. The summed E-state index contributed by atoms with van der Waals surface area (Å²) in [6.45, 7) is 0.265. The second-order valence-electron chi connectivity index (χ2n) is 3.26. The van der Waals surface area contributed by atoms with E-state index in [2.05, 4.69) is 10.5 Å². The van der Waals surface area contributed by atoms with Crippen LogP contribution in [0.4, 0.5) is 0 Å². The van der Waals surface area contributed by atoms with E-state index >= 15 is 0 Å². The van der Waals surface area contributed by atoms with Gasteiger partial charge in [0.05, 0.1) is 3.57 Å². The Bertz CT molecular complexity index is 448. The highest BCUT2D eigenvalue weighted by Gasteiger charge is 2.07. The van der Waals surface area contributed by atoms with Crippen molar-refractivity contribution in [3.8, 4) is 5.75 Å². The number of carbonyl (C=O) groups excluding carboxylic acids is 1. The van der Waals surface area contributed by atoms with Gasteiger partial charge in [-0.3, -0.25) is 4.79 Å². The first-order valence-electron chi connectivity index (χ1n) is 4.77. The number of hydrogen-bond acceptors (Lipinski definition) is 4. The lowest BCUT2D eigenvalue weighted by molar-refractivity contribution is 0.0954. The maximum atomic E-state index is 11.6. The van der Waals surface area contributed by atoms with Crippen molar-refractivity contribution < 1.29 is 15.1 Å². The molecule has 0 aliphatic heterocycles. The molecule has 92 valence electrons. The second kappa shape index (κ2) is 6.28. The molecule has 1 aromatic carbocycles. The summed E-state index contributed by atoms with van der Waals surface area (Å²) in [5.41, 5.74) is 5.61. The van der Waals surface area contributed by atoms with Crippen molar-refractivity contribution in [3.63, 3.8) is 0 Å². The van der Waals surface area contributed by atoms with Gasteiger partial charge >= 0.3 is 0 Å². The molecule has 7 heteroatoms. The van der Waals surface area contributed by atoms with Crippen molar-refractivity contribution in [1.29, 1.82) is 0 Å². The number of benzene rings is 1. The molecule has 0 unspecified atom stereocenters. The Kier molecular flexibility index (Phi) is 5.01. The van der Waals surface area contributed by atoms with E-state index in [4.69, 9.17) is 10.9 Å². The van der Waals surface area contributed by atoms with Crippen LogP contribution in [-0.4, -0.2) is 28.6 Å². The van der Waals surface area contributed by atoms with E-state index in [1.165, 1.54) is 6.07 Å². The third-order valence-corrected chi connectivity index (χ3v) is 2.92. The Morgan fingerprint density at radius 1 is 1.53 bits per heavy atom. The quantitative estimate of drug-likeness (QED) is 0.213. The molecule has 1 amide bonds. The molecule has 0 saturated heterocycles. The fourth-order valence-corrected chi connectivity index (χ4v) is 1.45. The molecule has 0 aliphatic carbocycles. The molecule has 0 heterocycles. The van der Waals surface area contributed by atoms with Crippen LogP contribution in [0.2, 0.25) is 0 Å². The normalized spacial score (nSPS) is 11.2. The fraction of sp³-hybridized carbons (Fsp3) is 0.200. The zero-order valence-electron chi connectivity index (χ0n) is 8.85. The Morgan fingerprint density at radius 2 is 2.24 bits per heavy atom. The topological polar surface area (TPSA) is 108 Å². The maximum Gasteiger partial charge on any atom is 0.251 e. The number of phenols is 1. The molecular weight excluding hydrogens is 337 g/mol. The van der Waals surface area contributed by atoms with Crippen molar-refractivity contribution in [2.45, 2.75) is 6.42 Å². The Morgan fingerprint density at radius 3 is 2.82 bits per heavy atom. The number of rotatable bonds is 4. The van der Waals surface area contributed by atoms with Crippen molar-refractivity contribution >= 4 is 34.3 Å². The van der Waals surface area contributed by atoms with E-state index in [0.29, 0.717) is 9.13 Å². The maximum absolute atomic E-state index is 11.6. The number of nitrogens with two attached hydrogens (primary N) is 1. The molecule has 0 fully saturated rings. The van der Waals surface area contributed by atoms with Gasteiger partial charge in [0.2, 0.25) is 0 Å². The van der Waals surface area contributed by atoms with E-state index in [1.807, 2.05) is 22.6 Å². The highest BCUT2D eigenvalue weighted by atomic mass is 127. The lowest BCUT2D eigenvalue weighted by atomic mass is 10.2. The van der Waals surface area contributed by atoms with Crippen molar-refractivity contribution in [1.82, 2.24) is 5.32 Å². The first kappa shape index (κ1) is 13.6. The van der Waals surface area contributed by atoms with Crippen LogP contribution in [0, 0.1) is 3.57 Å². The first-order valence-corrected chi connectivity index (χ1v) is 5.85. The fourth-order valence-electron chi connectivity index (χ4n) is 1.11. The summed E-state index contributed by atoms with van der Waals surface area (Å²) >= 11 is 1.97. The SMILES string of the molecule is N/C(CCNC(=O)c1ccc(I)c(O)c1)=N/O. The van der Waals surface area contributed by atoms with E-state index < -0.39 is 0 Å². The lowest BCUT2D eigenvalue weighted by Gasteiger charge is -2.05. The molecule has 6 nitrogen and oxygen atoms in total. The summed E-state index contributed by atoms with van der Waals surface area (Å²) in [4.78, 5) is 11.6. The predicted molar refractivity (Wildman–Crippen MR) is 71.2 cm³/mol. The van der Waals surface area contributed by atoms with E-state index in [1.54, 1.807) is 12.1 Å². The number of amides is 1. The van der Waals surface area contributed by atoms with Gasteiger partial charge in [-0.15, -0.1) is 0 Å². The van der Waals surface area contributed by atoms with Gasteiger partial charge in [0.15, 0.2) is 0 Å². The predicted octanol–water partition coefficient (Wildman–Crippen LogP) is 0.863. The van der Waals surface area contributed by atoms with E-state index in [-0.39, 0.29) is 30.5 Å². The van der Waals surface area contributed by atoms with Gasteiger partial charge < -0.3 is 21.4 Å². The Hall–Kier alpha value is -1.51. The van der Waals surface area contributed by atoms with Crippen molar-refractivity contribution in [2.24, 2.45) is 10.9 Å². The first-order chi connectivity index (χ1) is 8.04. The Labute approximate surface area is 112 Å². The molecule has 0 bridgehead atoms.